The molecule has 1 aromatic carbocycles. The molecule has 1 aliphatic carbocycles. The maximum absolute atomic E-state index is 13.4. The number of quaternary nitrogens is 1. The number of aryl methyl sites for hydroxylation is 1. The Kier molecular flexibility index (Phi) is 6.64. The van der Waals surface area contributed by atoms with E-state index in [0.717, 1.165) is 42.8 Å². The third-order valence-electron chi connectivity index (χ3n) is 7.51. The average Bonchev–Trinajstić information content (AvgIpc) is 3.59. The summed E-state index contributed by atoms with van der Waals surface area (Å²) in [4.78, 5) is 16.3. The molecule has 2 fully saturated rings. The summed E-state index contributed by atoms with van der Waals surface area (Å²) in [7, 11) is 3.57. The zero-order valence-electron chi connectivity index (χ0n) is 20.0. The van der Waals surface area contributed by atoms with Crippen molar-refractivity contribution in [3.63, 3.8) is 0 Å². The van der Waals surface area contributed by atoms with Gasteiger partial charge in [-0.2, -0.15) is 13.2 Å². The normalized spacial score (nSPS) is 23.9. The summed E-state index contributed by atoms with van der Waals surface area (Å²) >= 11 is 0. The third kappa shape index (κ3) is 5.22. The lowest BCUT2D eigenvalue weighted by Gasteiger charge is -2.43. The number of carbonyl (C=O) groups excluding carboxylic acids is 1. The Labute approximate surface area is 198 Å². The van der Waals surface area contributed by atoms with Crippen molar-refractivity contribution in [2.75, 3.05) is 40.3 Å². The monoisotopic (exact) mass is 476 g/mol. The van der Waals surface area contributed by atoms with Gasteiger partial charge in [0.1, 0.15) is 5.41 Å². The first kappa shape index (κ1) is 24.5. The van der Waals surface area contributed by atoms with Crippen LogP contribution in [0.25, 0.3) is 11.1 Å². The molecule has 1 saturated heterocycles. The van der Waals surface area contributed by atoms with Gasteiger partial charge < -0.3 is 14.5 Å². The third-order valence-corrected chi connectivity index (χ3v) is 7.51. The SMILES string of the molecule is CNC(=O)c1ccc(-c2ccc(OCC3CC[N+](C)(CC4(C(F)(F)F)CC4)CC3)nc2C)cc1. The van der Waals surface area contributed by atoms with Gasteiger partial charge in [0.15, 0.2) is 0 Å². The summed E-state index contributed by atoms with van der Waals surface area (Å²) in [5.41, 5.74) is 1.93. The van der Waals surface area contributed by atoms with Gasteiger partial charge in [-0.3, -0.25) is 4.79 Å². The molecule has 1 aliphatic heterocycles. The van der Waals surface area contributed by atoms with Crippen LogP contribution in [0.3, 0.4) is 0 Å². The fraction of sp³-hybridized carbons (Fsp3) is 0.538. The molecular formula is C26H33F3N3O2+. The number of likely N-dealkylation sites (tertiary alicyclic amines) is 1. The van der Waals surface area contributed by atoms with E-state index in [1.807, 2.05) is 38.2 Å². The quantitative estimate of drug-likeness (QED) is 0.573. The minimum atomic E-state index is -4.09. The number of hydrogen-bond acceptors (Lipinski definition) is 3. The van der Waals surface area contributed by atoms with Crippen molar-refractivity contribution in [3.05, 3.63) is 47.7 Å². The fourth-order valence-electron chi connectivity index (χ4n) is 5.05. The van der Waals surface area contributed by atoms with E-state index in [1.54, 1.807) is 19.2 Å². The molecule has 2 aromatic rings. The Morgan fingerprint density at radius 1 is 1.15 bits per heavy atom. The van der Waals surface area contributed by atoms with E-state index in [0.29, 0.717) is 28.5 Å². The van der Waals surface area contributed by atoms with Crippen molar-refractivity contribution in [2.45, 2.75) is 38.8 Å². The molecule has 8 heteroatoms. The minimum absolute atomic E-state index is 0.126. The number of ether oxygens (including phenoxy) is 1. The molecule has 2 heterocycles. The van der Waals surface area contributed by atoms with E-state index < -0.39 is 11.6 Å². The number of rotatable bonds is 7. The zero-order valence-corrected chi connectivity index (χ0v) is 20.0. The van der Waals surface area contributed by atoms with Crippen LogP contribution in [0.5, 0.6) is 5.88 Å². The lowest BCUT2D eigenvalue weighted by atomic mass is 9.94. The molecule has 1 saturated carbocycles. The molecule has 2 aliphatic rings. The van der Waals surface area contributed by atoms with Gasteiger partial charge in [0.25, 0.3) is 5.91 Å². The van der Waals surface area contributed by atoms with Gasteiger partial charge in [-0.1, -0.05) is 12.1 Å². The number of nitrogens with zero attached hydrogens (tertiary/aromatic N) is 2. The molecule has 1 aromatic heterocycles. The van der Waals surface area contributed by atoms with Gasteiger partial charge in [-0.25, -0.2) is 4.98 Å². The van der Waals surface area contributed by atoms with E-state index in [2.05, 4.69) is 10.3 Å². The van der Waals surface area contributed by atoms with Crippen molar-refractivity contribution < 1.29 is 27.2 Å². The standard InChI is InChI=1S/C26H32F3N3O2/c1-18-22(20-4-6-21(7-5-20)24(33)30-2)8-9-23(31-18)34-16-19-10-14-32(3,15-11-19)17-25(12-13-25)26(27,28)29/h4-9,19H,10-17H2,1-3H3/p+1. The van der Waals surface area contributed by atoms with Gasteiger partial charge in [0.05, 0.1) is 33.3 Å². The van der Waals surface area contributed by atoms with Crippen LogP contribution in [-0.2, 0) is 0 Å². The lowest BCUT2D eigenvalue weighted by molar-refractivity contribution is -0.921. The highest BCUT2D eigenvalue weighted by molar-refractivity contribution is 5.94. The van der Waals surface area contributed by atoms with Gasteiger partial charge in [0, 0.05) is 48.7 Å². The predicted molar refractivity (Wildman–Crippen MR) is 125 cm³/mol. The van der Waals surface area contributed by atoms with Gasteiger partial charge in [0.2, 0.25) is 5.88 Å². The number of aromatic nitrogens is 1. The van der Waals surface area contributed by atoms with Crippen molar-refractivity contribution in [1.82, 2.24) is 10.3 Å². The summed E-state index contributed by atoms with van der Waals surface area (Å²) in [6.45, 7) is 4.16. The first-order valence-electron chi connectivity index (χ1n) is 11.9. The van der Waals surface area contributed by atoms with Crippen LogP contribution in [0.2, 0.25) is 0 Å². The topological polar surface area (TPSA) is 51.2 Å². The van der Waals surface area contributed by atoms with E-state index in [-0.39, 0.29) is 25.3 Å². The average molecular weight is 477 g/mol. The number of alkyl halides is 3. The molecule has 0 bridgehead atoms. The van der Waals surface area contributed by atoms with Gasteiger partial charge >= 0.3 is 6.18 Å². The zero-order chi connectivity index (χ0) is 24.6. The summed E-state index contributed by atoms with van der Waals surface area (Å²) < 4.78 is 46.6. The van der Waals surface area contributed by atoms with Crippen LogP contribution in [0.1, 0.15) is 41.7 Å². The summed E-state index contributed by atoms with van der Waals surface area (Å²) in [6, 6.07) is 11.2. The number of halogens is 3. The number of pyridine rings is 1. The summed E-state index contributed by atoms with van der Waals surface area (Å²) in [6.07, 6.45) is -1.82. The van der Waals surface area contributed by atoms with Crippen LogP contribution in [0.15, 0.2) is 36.4 Å². The molecule has 0 radical (unpaired) electrons. The number of piperidine rings is 1. The van der Waals surface area contributed by atoms with E-state index in [4.69, 9.17) is 4.74 Å². The van der Waals surface area contributed by atoms with Crippen LogP contribution < -0.4 is 10.1 Å². The molecule has 4 rings (SSSR count). The fourth-order valence-corrected chi connectivity index (χ4v) is 5.05. The Balaban J connectivity index is 1.30. The number of hydrogen-bond donors (Lipinski definition) is 1. The second kappa shape index (κ2) is 9.21. The van der Waals surface area contributed by atoms with Crippen LogP contribution in [0, 0.1) is 18.3 Å². The first-order chi connectivity index (χ1) is 16.0. The van der Waals surface area contributed by atoms with Gasteiger partial charge in [-0.05, 0) is 43.5 Å². The van der Waals surface area contributed by atoms with Crippen molar-refractivity contribution >= 4 is 5.91 Å². The van der Waals surface area contributed by atoms with E-state index in [1.165, 1.54) is 0 Å². The number of benzene rings is 1. The van der Waals surface area contributed by atoms with Crippen LogP contribution >= 0.6 is 0 Å². The molecule has 0 unspecified atom stereocenters. The van der Waals surface area contributed by atoms with E-state index >= 15 is 0 Å². The molecule has 0 atom stereocenters. The Bertz CT molecular complexity index is 1020. The maximum Gasteiger partial charge on any atom is 0.399 e. The largest absolute Gasteiger partial charge is 0.477 e. The predicted octanol–water partition coefficient (Wildman–Crippen LogP) is 4.99. The van der Waals surface area contributed by atoms with E-state index in [9.17, 15) is 18.0 Å². The van der Waals surface area contributed by atoms with Crippen LogP contribution in [0.4, 0.5) is 13.2 Å². The number of nitrogens with one attached hydrogen (secondary N) is 1. The number of carbonyl (C=O) groups is 1. The molecule has 34 heavy (non-hydrogen) atoms. The smallest absolute Gasteiger partial charge is 0.399 e. The summed E-state index contributed by atoms with van der Waals surface area (Å²) in [5.74, 6) is 0.755. The Morgan fingerprint density at radius 3 is 2.32 bits per heavy atom. The minimum Gasteiger partial charge on any atom is -0.477 e. The Hall–Kier alpha value is -2.61. The second-order valence-electron chi connectivity index (χ2n) is 10.2. The Morgan fingerprint density at radius 2 is 1.79 bits per heavy atom. The highest BCUT2D eigenvalue weighted by Gasteiger charge is 2.66. The van der Waals surface area contributed by atoms with Gasteiger partial charge in [-0.15, -0.1) is 0 Å². The molecular weight excluding hydrogens is 443 g/mol. The summed E-state index contributed by atoms with van der Waals surface area (Å²) in [5, 5.41) is 2.61. The molecule has 5 nitrogen and oxygen atoms in total. The molecule has 1 N–H and O–H groups in total. The highest BCUT2D eigenvalue weighted by atomic mass is 19.4. The lowest BCUT2D eigenvalue weighted by Crippen LogP contribution is -2.55. The first-order valence-corrected chi connectivity index (χ1v) is 11.9. The van der Waals surface area contributed by atoms with Crippen LogP contribution in [-0.4, -0.2) is 61.9 Å². The van der Waals surface area contributed by atoms with Crippen molar-refractivity contribution in [3.8, 4) is 17.0 Å². The molecule has 1 amide bonds. The maximum atomic E-state index is 13.4. The highest BCUT2D eigenvalue weighted by Crippen LogP contribution is 2.58. The number of amides is 1. The van der Waals surface area contributed by atoms with Crippen molar-refractivity contribution in [1.29, 1.82) is 0 Å². The van der Waals surface area contributed by atoms with Crippen molar-refractivity contribution in [2.24, 2.45) is 11.3 Å². The second-order valence-corrected chi connectivity index (χ2v) is 10.2. The molecule has 184 valence electrons. The molecule has 0 spiro atoms.